The molecular formula is C19H29N3O2. The second kappa shape index (κ2) is 8.83. The fraction of sp³-hybridized carbons (Fsp3) is 0.579. The minimum absolute atomic E-state index is 0.00145. The molecule has 1 heterocycles. The molecule has 2 rings (SSSR count). The Morgan fingerprint density at radius 1 is 1.17 bits per heavy atom. The Balaban J connectivity index is 1.71. The number of amides is 2. The van der Waals surface area contributed by atoms with Gasteiger partial charge in [0, 0.05) is 18.2 Å². The van der Waals surface area contributed by atoms with Crippen molar-refractivity contribution in [1.29, 1.82) is 0 Å². The van der Waals surface area contributed by atoms with Gasteiger partial charge in [-0.05, 0) is 50.9 Å². The zero-order chi connectivity index (χ0) is 17.5. The normalized spacial score (nSPS) is 16.2. The zero-order valence-electron chi connectivity index (χ0n) is 15.0. The summed E-state index contributed by atoms with van der Waals surface area (Å²) in [6.45, 7) is 8.91. The Bertz CT molecular complexity index is 546. The number of carbonyl (C=O) groups excluding carboxylic acids is 2. The maximum atomic E-state index is 12.1. The van der Waals surface area contributed by atoms with Gasteiger partial charge >= 0.3 is 0 Å². The van der Waals surface area contributed by atoms with Crippen LogP contribution in [0, 0.1) is 18.8 Å². The van der Waals surface area contributed by atoms with E-state index in [1.165, 1.54) is 5.56 Å². The first-order chi connectivity index (χ1) is 11.4. The average Bonchev–Trinajstić information content (AvgIpc) is 2.55. The van der Waals surface area contributed by atoms with Gasteiger partial charge in [0.2, 0.25) is 11.8 Å². The van der Waals surface area contributed by atoms with Crippen LogP contribution >= 0.6 is 0 Å². The largest absolute Gasteiger partial charge is 0.356 e. The lowest BCUT2D eigenvalue weighted by molar-refractivity contribution is -0.126. The summed E-state index contributed by atoms with van der Waals surface area (Å²) in [4.78, 5) is 26.3. The number of rotatable bonds is 6. The molecule has 0 saturated carbocycles. The highest BCUT2D eigenvalue weighted by atomic mass is 16.2. The summed E-state index contributed by atoms with van der Waals surface area (Å²) in [7, 11) is 0. The van der Waals surface area contributed by atoms with Gasteiger partial charge in [-0.2, -0.15) is 0 Å². The summed E-state index contributed by atoms with van der Waals surface area (Å²) in [5, 5.41) is 5.93. The lowest BCUT2D eigenvalue weighted by Gasteiger charge is -2.30. The Kier molecular flexibility index (Phi) is 6.79. The smallest absolute Gasteiger partial charge is 0.238 e. The molecule has 0 spiro atoms. The predicted octanol–water partition coefficient (Wildman–Crippen LogP) is 2.42. The van der Waals surface area contributed by atoms with E-state index in [2.05, 4.69) is 29.4 Å². The van der Waals surface area contributed by atoms with E-state index in [0.717, 1.165) is 38.2 Å². The van der Waals surface area contributed by atoms with Crippen LogP contribution in [0.1, 0.15) is 32.3 Å². The van der Waals surface area contributed by atoms with Crippen molar-refractivity contribution < 1.29 is 9.59 Å². The second-order valence-electron chi connectivity index (χ2n) is 7.10. The number of hydrogen-bond acceptors (Lipinski definition) is 3. The number of carbonyl (C=O) groups is 2. The summed E-state index contributed by atoms with van der Waals surface area (Å²) < 4.78 is 0. The average molecular weight is 331 g/mol. The first kappa shape index (κ1) is 18.5. The van der Waals surface area contributed by atoms with Gasteiger partial charge in [0.25, 0.3) is 0 Å². The third-order valence-electron chi connectivity index (χ3n) is 4.35. The fourth-order valence-corrected chi connectivity index (χ4v) is 2.84. The van der Waals surface area contributed by atoms with Crippen molar-refractivity contribution in [2.45, 2.75) is 33.6 Å². The predicted molar refractivity (Wildman–Crippen MR) is 96.8 cm³/mol. The fourth-order valence-electron chi connectivity index (χ4n) is 2.84. The van der Waals surface area contributed by atoms with Crippen LogP contribution < -0.4 is 10.6 Å². The minimum Gasteiger partial charge on any atom is -0.356 e. The van der Waals surface area contributed by atoms with Crippen molar-refractivity contribution in [2.75, 3.05) is 31.5 Å². The van der Waals surface area contributed by atoms with E-state index in [9.17, 15) is 9.59 Å². The molecule has 2 amide bonds. The molecule has 0 aliphatic carbocycles. The molecule has 0 atom stereocenters. The van der Waals surface area contributed by atoms with Crippen molar-refractivity contribution in [3.8, 4) is 0 Å². The third kappa shape index (κ3) is 5.96. The summed E-state index contributed by atoms with van der Waals surface area (Å²) in [6.07, 6.45) is 1.64. The minimum atomic E-state index is 0.00145. The Labute approximate surface area is 144 Å². The number of anilines is 1. The number of benzene rings is 1. The van der Waals surface area contributed by atoms with Crippen LogP contribution in [0.2, 0.25) is 0 Å². The number of hydrogen-bond donors (Lipinski definition) is 2. The second-order valence-corrected chi connectivity index (χ2v) is 7.10. The molecule has 1 aromatic carbocycles. The van der Waals surface area contributed by atoms with Crippen LogP contribution in [0.4, 0.5) is 5.69 Å². The van der Waals surface area contributed by atoms with Crippen LogP contribution in [-0.2, 0) is 9.59 Å². The molecule has 1 aliphatic rings. The molecule has 132 valence electrons. The lowest BCUT2D eigenvalue weighted by Crippen LogP contribution is -2.43. The molecule has 1 saturated heterocycles. The van der Waals surface area contributed by atoms with E-state index in [-0.39, 0.29) is 17.7 Å². The molecular weight excluding hydrogens is 302 g/mol. The summed E-state index contributed by atoms with van der Waals surface area (Å²) in [6, 6.07) is 7.80. The molecule has 0 unspecified atom stereocenters. The van der Waals surface area contributed by atoms with E-state index in [4.69, 9.17) is 0 Å². The van der Waals surface area contributed by atoms with E-state index in [1.807, 2.05) is 31.2 Å². The molecule has 0 radical (unpaired) electrons. The number of nitrogens with zero attached hydrogens (tertiary/aromatic N) is 1. The monoisotopic (exact) mass is 331 g/mol. The van der Waals surface area contributed by atoms with Gasteiger partial charge in [0.05, 0.1) is 6.54 Å². The van der Waals surface area contributed by atoms with Gasteiger partial charge in [-0.1, -0.05) is 31.5 Å². The van der Waals surface area contributed by atoms with Crippen molar-refractivity contribution in [3.05, 3.63) is 29.8 Å². The van der Waals surface area contributed by atoms with Crippen LogP contribution in [0.25, 0.3) is 0 Å². The topological polar surface area (TPSA) is 61.4 Å². The van der Waals surface area contributed by atoms with Crippen molar-refractivity contribution in [1.82, 2.24) is 10.2 Å². The van der Waals surface area contributed by atoms with Crippen molar-refractivity contribution in [2.24, 2.45) is 11.8 Å². The highest BCUT2D eigenvalue weighted by Gasteiger charge is 2.25. The van der Waals surface area contributed by atoms with Crippen LogP contribution in [0.5, 0.6) is 0 Å². The standard InChI is InChI=1S/C19H29N3O2/c1-14(2)12-20-19(24)16-8-10-22(11-9-16)13-18(23)21-17-6-4-15(3)5-7-17/h4-7,14,16H,8-13H2,1-3H3,(H,20,24)(H,21,23). The molecule has 24 heavy (non-hydrogen) atoms. The van der Waals surface area contributed by atoms with Crippen molar-refractivity contribution >= 4 is 17.5 Å². The lowest BCUT2D eigenvalue weighted by atomic mass is 9.95. The van der Waals surface area contributed by atoms with Crippen molar-refractivity contribution in [3.63, 3.8) is 0 Å². The van der Waals surface area contributed by atoms with E-state index in [1.54, 1.807) is 0 Å². The Morgan fingerprint density at radius 3 is 2.38 bits per heavy atom. The van der Waals surface area contributed by atoms with Gasteiger partial charge in [-0.15, -0.1) is 0 Å². The van der Waals surface area contributed by atoms with Crippen LogP contribution in [0.3, 0.4) is 0 Å². The number of nitrogens with one attached hydrogen (secondary N) is 2. The first-order valence-corrected chi connectivity index (χ1v) is 8.80. The quantitative estimate of drug-likeness (QED) is 0.841. The molecule has 0 aromatic heterocycles. The van der Waals surface area contributed by atoms with Gasteiger partial charge in [0.15, 0.2) is 0 Å². The maximum Gasteiger partial charge on any atom is 0.238 e. The van der Waals surface area contributed by atoms with E-state index in [0.29, 0.717) is 12.5 Å². The highest BCUT2D eigenvalue weighted by Crippen LogP contribution is 2.17. The van der Waals surface area contributed by atoms with Crippen LogP contribution in [0.15, 0.2) is 24.3 Å². The van der Waals surface area contributed by atoms with E-state index < -0.39 is 0 Å². The summed E-state index contributed by atoms with van der Waals surface area (Å²) in [5.74, 6) is 0.716. The van der Waals surface area contributed by atoms with Gasteiger partial charge in [-0.25, -0.2) is 0 Å². The molecule has 5 heteroatoms. The first-order valence-electron chi connectivity index (χ1n) is 8.80. The number of aryl methyl sites for hydroxylation is 1. The van der Waals surface area contributed by atoms with E-state index >= 15 is 0 Å². The Morgan fingerprint density at radius 2 is 1.79 bits per heavy atom. The third-order valence-corrected chi connectivity index (χ3v) is 4.35. The van der Waals surface area contributed by atoms with Gasteiger partial charge < -0.3 is 10.6 Å². The zero-order valence-corrected chi connectivity index (χ0v) is 15.0. The number of likely N-dealkylation sites (tertiary alicyclic amines) is 1. The molecule has 1 aromatic rings. The molecule has 1 aliphatic heterocycles. The Hall–Kier alpha value is -1.88. The maximum absolute atomic E-state index is 12.1. The van der Waals surface area contributed by atoms with Gasteiger partial charge in [0.1, 0.15) is 0 Å². The molecule has 5 nitrogen and oxygen atoms in total. The SMILES string of the molecule is Cc1ccc(NC(=O)CN2CCC(C(=O)NCC(C)C)CC2)cc1. The van der Waals surface area contributed by atoms with Crippen LogP contribution in [-0.4, -0.2) is 42.9 Å². The summed E-state index contributed by atoms with van der Waals surface area (Å²) in [5.41, 5.74) is 2.00. The molecule has 0 bridgehead atoms. The number of piperidine rings is 1. The highest BCUT2D eigenvalue weighted by molar-refractivity contribution is 5.92. The van der Waals surface area contributed by atoms with Gasteiger partial charge in [-0.3, -0.25) is 14.5 Å². The molecule has 1 fully saturated rings. The molecule has 2 N–H and O–H groups in total. The summed E-state index contributed by atoms with van der Waals surface area (Å²) >= 11 is 0.